The van der Waals surface area contributed by atoms with Crippen LogP contribution in [0.2, 0.25) is 0 Å². The second-order valence-corrected chi connectivity index (χ2v) is 4.42. The van der Waals surface area contributed by atoms with Gasteiger partial charge < -0.3 is 9.84 Å². The van der Waals surface area contributed by atoms with E-state index in [4.69, 9.17) is 4.74 Å². The zero-order valence-electron chi connectivity index (χ0n) is 9.89. The van der Waals surface area contributed by atoms with Crippen molar-refractivity contribution in [2.75, 3.05) is 20.3 Å². The van der Waals surface area contributed by atoms with Crippen LogP contribution in [0, 0.1) is 0 Å². The standard InChI is InChI=1S/C13H19NO2/c1-10(12-5-3-4-6-13(12)15)14(2)11-7-8-16-9-11/h3-6,10-11,15H,7-9H2,1-2H3. The fraction of sp³-hybridized carbons (Fsp3) is 0.538. The maximum absolute atomic E-state index is 9.81. The predicted octanol–water partition coefficient (Wildman–Crippen LogP) is 2.17. The van der Waals surface area contributed by atoms with Crippen molar-refractivity contribution < 1.29 is 9.84 Å². The Morgan fingerprint density at radius 1 is 1.44 bits per heavy atom. The molecule has 1 aliphatic heterocycles. The Balaban J connectivity index is 2.11. The van der Waals surface area contributed by atoms with Gasteiger partial charge in [-0.05, 0) is 26.5 Å². The lowest BCUT2D eigenvalue weighted by Crippen LogP contribution is -2.34. The monoisotopic (exact) mass is 221 g/mol. The molecule has 1 N–H and O–H groups in total. The summed E-state index contributed by atoms with van der Waals surface area (Å²) in [6, 6.07) is 8.22. The van der Waals surface area contributed by atoms with Crippen LogP contribution in [0.5, 0.6) is 5.75 Å². The molecule has 0 bridgehead atoms. The van der Waals surface area contributed by atoms with Gasteiger partial charge in [-0.15, -0.1) is 0 Å². The Kier molecular flexibility index (Phi) is 3.46. The van der Waals surface area contributed by atoms with Crippen LogP contribution in [0.3, 0.4) is 0 Å². The van der Waals surface area contributed by atoms with Crippen LogP contribution in [0.25, 0.3) is 0 Å². The van der Waals surface area contributed by atoms with E-state index in [1.54, 1.807) is 6.07 Å². The topological polar surface area (TPSA) is 32.7 Å². The SMILES string of the molecule is CC(c1ccccc1O)N(C)C1CCOC1. The van der Waals surface area contributed by atoms with E-state index in [0.717, 1.165) is 25.2 Å². The number of hydrogen-bond acceptors (Lipinski definition) is 3. The van der Waals surface area contributed by atoms with Crippen LogP contribution in [0.15, 0.2) is 24.3 Å². The molecule has 0 radical (unpaired) electrons. The van der Waals surface area contributed by atoms with E-state index >= 15 is 0 Å². The Hall–Kier alpha value is -1.06. The van der Waals surface area contributed by atoms with Gasteiger partial charge in [-0.1, -0.05) is 18.2 Å². The number of aromatic hydroxyl groups is 1. The molecule has 0 aliphatic carbocycles. The molecular formula is C13H19NO2. The van der Waals surface area contributed by atoms with E-state index in [1.807, 2.05) is 18.2 Å². The first-order valence-electron chi connectivity index (χ1n) is 5.77. The molecule has 3 heteroatoms. The van der Waals surface area contributed by atoms with Gasteiger partial charge in [0, 0.05) is 24.3 Å². The highest BCUT2D eigenvalue weighted by atomic mass is 16.5. The molecule has 1 fully saturated rings. The molecule has 2 atom stereocenters. The van der Waals surface area contributed by atoms with E-state index in [1.165, 1.54) is 0 Å². The summed E-state index contributed by atoms with van der Waals surface area (Å²) in [5.41, 5.74) is 0.983. The highest BCUT2D eigenvalue weighted by Gasteiger charge is 2.25. The summed E-state index contributed by atoms with van der Waals surface area (Å²) in [5, 5.41) is 9.81. The normalized spacial score (nSPS) is 22.6. The highest BCUT2D eigenvalue weighted by molar-refractivity contribution is 5.34. The van der Waals surface area contributed by atoms with Gasteiger partial charge in [-0.25, -0.2) is 0 Å². The molecule has 0 saturated carbocycles. The average Bonchev–Trinajstić information content (AvgIpc) is 2.81. The lowest BCUT2D eigenvalue weighted by atomic mass is 10.0. The van der Waals surface area contributed by atoms with Crippen LogP contribution in [0.4, 0.5) is 0 Å². The first-order valence-corrected chi connectivity index (χ1v) is 5.77. The summed E-state index contributed by atoms with van der Waals surface area (Å²) in [4.78, 5) is 2.28. The van der Waals surface area contributed by atoms with E-state index in [0.29, 0.717) is 11.8 Å². The van der Waals surface area contributed by atoms with Crippen molar-refractivity contribution in [2.45, 2.75) is 25.4 Å². The van der Waals surface area contributed by atoms with Crippen molar-refractivity contribution in [2.24, 2.45) is 0 Å². The van der Waals surface area contributed by atoms with Crippen molar-refractivity contribution in [3.63, 3.8) is 0 Å². The number of ether oxygens (including phenoxy) is 1. The average molecular weight is 221 g/mol. The number of phenolic OH excluding ortho intramolecular Hbond substituents is 1. The summed E-state index contributed by atoms with van der Waals surface area (Å²) < 4.78 is 5.39. The summed E-state index contributed by atoms with van der Waals surface area (Å²) in [6.07, 6.45) is 1.08. The summed E-state index contributed by atoms with van der Waals surface area (Å²) >= 11 is 0. The van der Waals surface area contributed by atoms with Crippen molar-refractivity contribution in [3.05, 3.63) is 29.8 Å². The molecule has 1 aromatic carbocycles. The van der Waals surface area contributed by atoms with Gasteiger partial charge >= 0.3 is 0 Å². The minimum atomic E-state index is 0.216. The van der Waals surface area contributed by atoms with Crippen LogP contribution < -0.4 is 0 Å². The van der Waals surface area contributed by atoms with Crippen LogP contribution in [0.1, 0.15) is 24.9 Å². The molecule has 1 aliphatic rings. The first-order chi connectivity index (χ1) is 7.70. The van der Waals surface area contributed by atoms with Crippen LogP contribution >= 0.6 is 0 Å². The molecule has 2 rings (SSSR count). The molecule has 1 saturated heterocycles. The third-order valence-corrected chi connectivity index (χ3v) is 3.48. The molecule has 0 aromatic heterocycles. The van der Waals surface area contributed by atoms with Gasteiger partial charge in [0.15, 0.2) is 0 Å². The molecule has 2 unspecified atom stereocenters. The number of hydrogen-bond donors (Lipinski definition) is 1. The van der Waals surface area contributed by atoms with Crippen molar-refractivity contribution in [1.82, 2.24) is 4.90 Å². The van der Waals surface area contributed by atoms with E-state index in [2.05, 4.69) is 18.9 Å². The third kappa shape index (κ3) is 2.20. The predicted molar refractivity (Wildman–Crippen MR) is 63.5 cm³/mol. The molecule has 0 spiro atoms. The van der Waals surface area contributed by atoms with Gasteiger partial charge in [-0.3, -0.25) is 4.90 Å². The van der Waals surface area contributed by atoms with Gasteiger partial charge in [0.25, 0.3) is 0 Å². The minimum Gasteiger partial charge on any atom is -0.508 e. The lowest BCUT2D eigenvalue weighted by molar-refractivity contribution is 0.137. The Morgan fingerprint density at radius 3 is 2.81 bits per heavy atom. The summed E-state index contributed by atoms with van der Waals surface area (Å²) in [7, 11) is 2.09. The molecule has 0 amide bonds. The molecule has 3 nitrogen and oxygen atoms in total. The van der Waals surface area contributed by atoms with Crippen LogP contribution in [-0.4, -0.2) is 36.3 Å². The van der Waals surface area contributed by atoms with Crippen molar-refractivity contribution in [3.8, 4) is 5.75 Å². The zero-order chi connectivity index (χ0) is 11.5. The Morgan fingerprint density at radius 2 is 2.19 bits per heavy atom. The first kappa shape index (κ1) is 11.4. The van der Waals surface area contributed by atoms with E-state index in [9.17, 15) is 5.11 Å². The summed E-state index contributed by atoms with van der Waals surface area (Å²) in [6.45, 7) is 3.77. The largest absolute Gasteiger partial charge is 0.508 e. The van der Waals surface area contributed by atoms with Gasteiger partial charge in [0.05, 0.1) is 6.61 Å². The van der Waals surface area contributed by atoms with E-state index < -0.39 is 0 Å². The number of likely N-dealkylation sites (N-methyl/N-ethyl adjacent to an activating group) is 1. The number of nitrogens with zero attached hydrogens (tertiary/aromatic N) is 1. The number of para-hydroxylation sites is 1. The number of benzene rings is 1. The quantitative estimate of drug-likeness (QED) is 0.849. The Labute approximate surface area is 96.6 Å². The smallest absolute Gasteiger partial charge is 0.120 e. The molecule has 16 heavy (non-hydrogen) atoms. The lowest BCUT2D eigenvalue weighted by Gasteiger charge is -2.30. The van der Waals surface area contributed by atoms with Crippen LogP contribution in [-0.2, 0) is 4.74 Å². The minimum absolute atomic E-state index is 0.216. The zero-order valence-corrected chi connectivity index (χ0v) is 9.89. The van der Waals surface area contributed by atoms with Crippen molar-refractivity contribution in [1.29, 1.82) is 0 Å². The maximum atomic E-state index is 9.81. The second-order valence-electron chi connectivity index (χ2n) is 4.42. The van der Waals surface area contributed by atoms with Gasteiger partial charge in [0.2, 0.25) is 0 Å². The molecule has 88 valence electrons. The van der Waals surface area contributed by atoms with Gasteiger partial charge in [0.1, 0.15) is 5.75 Å². The molecule has 1 aromatic rings. The highest BCUT2D eigenvalue weighted by Crippen LogP contribution is 2.29. The second kappa shape index (κ2) is 4.85. The van der Waals surface area contributed by atoms with E-state index in [-0.39, 0.29) is 6.04 Å². The number of rotatable bonds is 3. The fourth-order valence-electron chi connectivity index (χ4n) is 2.22. The van der Waals surface area contributed by atoms with Gasteiger partial charge in [-0.2, -0.15) is 0 Å². The maximum Gasteiger partial charge on any atom is 0.120 e. The molecular weight excluding hydrogens is 202 g/mol. The Bertz CT molecular complexity index is 348. The summed E-state index contributed by atoms with van der Waals surface area (Å²) in [5.74, 6) is 0.376. The van der Waals surface area contributed by atoms with Crippen molar-refractivity contribution >= 4 is 0 Å². The fourth-order valence-corrected chi connectivity index (χ4v) is 2.22. The molecule has 1 heterocycles. The number of phenols is 1. The third-order valence-electron chi connectivity index (χ3n) is 3.48.